The Hall–Kier alpha value is -0.610. The minimum Gasteiger partial charge on any atom is -0.340 e. The lowest BCUT2D eigenvalue weighted by Gasteiger charge is -2.40. The molecule has 0 aromatic heterocycles. The van der Waals surface area contributed by atoms with Crippen LogP contribution in [0.3, 0.4) is 0 Å². The normalized spacial score (nSPS) is 24.7. The molecule has 0 spiro atoms. The summed E-state index contributed by atoms with van der Waals surface area (Å²) in [6, 6.07) is 0.750. The van der Waals surface area contributed by atoms with Gasteiger partial charge < -0.3 is 10.2 Å². The van der Waals surface area contributed by atoms with Gasteiger partial charge in [0.1, 0.15) is 0 Å². The van der Waals surface area contributed by atoms with Gasteiger partial charge in [-0.15, -0.1) is 0 Å². The summed E-state index contributed by atoms with van der Waals surface area (Å²) in [7, 11) is 0. The Morgan fingerprint density at radius 3 is 2.38 bits per heavy atom. The molecule has 4 nitrogen and oxygen atoms in total. The van der Waals surface area contributed by atoms with E-state index in [0.717, 1.165) is 45.3 Å². The number of carbonyl (C=O) groups is 1. The maximum Gasteiger partial charge on any atom is 0.222 e. The second-order valence-corrected chi connectivity index (χ2v) is 4.75. The number of piperidine rings is 1. The summed E-state index contributed by atoms with van der Waals surface area (Å²) in [5.41, 5.74) is 0. The fourth-order valence-corrected chi connectivity index (χ4v) is 2.73. The zero-order valence-corrected chi connectivity index (χ0v) is 10.2. The fraction of sp³-hybridized carbons (Fsp3) is 0.917. The summed E-state index contributed by atoms with van der Waals surface area (Å²) < 4.78 is 0. The van der Waals surface area contributed by atoms with E-state index in [-0.39, 0.29) is 0 Å². The molecule has 2 aliphatic heterocycles. The lowest BCUT2D eigenvalue weighted by atomic mass is 10.0. The van der Waals surface area contributed by atoms with Crippen molar-refractivity contribution in [2.45, 2.75) is 32.2 Å². The van der Waals surface area contributed by atoms with Crippen LogP contribution in [0.5, 0.6) is 0 Å². The largest absolute Gasteiger partial charge is 0.340 e. The van der Waals surface area contributed by atoms with Gasteiger partial charge in [0.25, 0.3) is 0 Å². The van der Waals surface area contributed by atoms with Crippen LogP contribution in [0.25, 0.3) is 0 Å². The second kappa shape index (κ2) is 5.64. The van der Waals surface area contributed by atoms with Crippen LogP contribution < -0.4 is 5.32 Å². The van der Waals surface area contributed by atoms with Gasteiger partial charge in [-0.1, -0.05) is 6.92 Å². The highest BCUT2D eigenvalue weighted by molar-refractivity contribution is 5.75. The maximum absolute atomic E-state index is 11.5. The number of hydrogen-bond acceptors (Lipinski definition) is 3. The minimum atomic E-state index is 0.310. The van der Waals surface area contributed by atoms with Crippen molar-refractivity contribution in [2.75, 3.05) is 39.3 Å². The van der Waals surface area contributed by atoms with Gasteiger partial charge in [-0.2, -0.15) is 0 Å². The van der Waals surface area contributed by atoms with Crippen molar-refractivity contribution >= 4 is 5.91 Å². The molecule has 1 N–H and O–H groups in total. The van der Waals surface area contributed by atoms with Crippen LogP contribution in [-0.4, -0.2) is 61.0 Å². The molecule has 92 valence electrons. The molecule has 0 atom stereocenters. The second-order valence-electron chi connectivity index (χ2n) is 4.75. The first-order chi connectivity index (χ1) is 7.81. The number of rotatable bonds is 2. The predicted octanol–water partition coefficient (Wildman–Crippen LogP) is 0.293. The molecule has 16 heavy (non-hydrogen) atoms. The van der Waals surface area contributed by atoms with E-state index < -0.39 is 0 Å². The summed E-state index contributed by atoms with van der Waals surface area (Å²) in [6.45, 7) is 8.24. The SMILES string of the molecule is CCC(=O)N1CCN(C2CCNCC2)CC1. The van der Waals surface area contributed by atoms with Gasteiger partial charge in [0.15, 0.2) is 0 Å². The Balaban J connectivity index is 1.78. The molecule has 1 amide bonds. The lowest BCUT2D eigenvalue weighted by Crippen LogP contribution is -2.53. The monoisotopic (exact) mass is 225 g/mol. The van der Waals surface area contributed by atoms with Gasteiger partial charge in [0.05, 0.1) is 0 Å². The van der Waals surface area contributed by atoms with Gasteiger partial charge in [0.2, 0.25) is 5.91 Å². The Morgan fingerprint density at radius 1 is 1.19 bits per heavy atom. The fourth-order valence-electron chi connectivity index (χ4n) is 2.73. The standard InChI is InChI=1S/C12H23N3O/c1-2-12(16)15-9-7-14(8-10-15)11-3-5-13-6-4-11/h11,13H,2-10H2,1H3. The summed E-state index contributed by atoms with van der Waals surface area (Å²) in [4.78, 5) is 16.1. The highest BCUT2D eigenvalue weighted by atomic mass is 16.2. The first-order valence-corrected chi connectivity index (χ1v) is 6.54. The average molecular weight is 225 g/mol. The van der Waals surface area contributed by atoms with Gasteiger partial charge >= 0.3 is 0 Å². The first-order valence-electron chi connectivity index (χ1n) is 6.54. The lowest BCUT2D eigenvalue weighted by molar-refractivity contribution is -0.133. The highest BCUT2D eigenvalue weighted by Crippen LogP contribution is 2.14. The van der Waals surface area contributed by atoms with E-state index in [4.69, 9.17) is 0 Å². The molecule has 0 radical (unpaired) electrons. The van der Waals surface area contributed by atoms with Crippen molar-refractivity contribution < 1.29 is 4.79 Å². The molecule has 0 unspecified atom stereocenters. The highest BCUT2D eigenvalue weighted by Gasteiger charge is 2.26. The van der Waals surface area contributed by atoms with E-state index in [9.17, 15) is 4.79 Å². The number of piperazine rings is 1. The molecule has 2 aliphatic rings. The van der Waals surface area contributed by atoms with E-state index in [1.807, 2.05) is 11.8 Å². The number of amides is 1. The van der Waals surface area contributed by atoms with Crippen LogP contribution in [0.2, 0.25) is 0 Å². The van der Waals surface area contributed by atoms with Crippen molar-refractivity contribution in [2.24, 2.45) is 0 Å². The van der Waals surface area contributed by atoms with Crippen LogP contribution in [0.1, 0.15) is 26.2 Å². The predicted molar refractivity (Wildman–Crippen MR) is 64.3 cm³/mol. The third-order valence-corrected chi connectivity index (χ3v) is 3.79. The van der Waals surface area contributed by atoms with Crippen LogP contribution in [0.15, 0.2) is 0 Å². The zero-order valence-electron chi connectivity index (χ0n) is 10.2. The molecule has 0 aliphatic carbocycles. The molecule has 0 aromatic rings. The smallest absolute Gasteiger partial charge is 0.222 e. The number of hydrogen-bond donors (Lipinski definition) is 1. The maximum atomic E-state index is 11.5. The van der Waals surface area contributed by atoms with Crippen molar-refractivity contribution in [3.05, 3.63) is 0 Å². The van der Waals surface area contributed by atoms with Crippen LogP contribution in [0, 0.1) is 0 Å². The van der Waals surface area contributed by atoms with Gasteiger partial charge in [-0.05, 0) is 25.9 Å². The summed E-state index contributed by atoms with van der Waals surface area (Å²) in [5, 5.41) is 3.40. The summed E-state index contributed by atoms with van der Waals surface area (Å²) >= 11 is 0. The van der Waals surface area contributed by atoms with E-state index in [2.05, 4.69) is 10.2 Å². The molecule has 0 aromatic carbocycles. The van der Waals surface area contributed by atoms with Gasteiger partial charge in [0, 0.05) is 38.6 Å². The van der Waals surface area contributed by atoms with Crippen molar-refractivity contribution in [3.63, 3.8) is 0 Å². The van der Waals surface area contributed by atoms with Crippen molar-refractivity contribution in [3.8, 4) is 0 Å². The molecule has 2 fully saturated rings. The number of nitrogens with one attached hydrogen (secondary N) is 1. The topological polar surface area (TPSA) is 35.6 Å². The summed E-state index contributed by atoms with van der Waals surface area (Å²) in [5.74, 6) is 0.310. The first kappa shape index (κ1) is 11.9. The molecule has 0 bridgehead atoms. The molecular weight excluding hydrogens is 202 g/mol. The Labute approximate surface area is 98.0 Å². The Morgan fingerprint density at radius 2 is 1.81 bits per heavy atom. The third kappa shape index (κ3) is 2.74. The molecule has 0 saturated carbocycles. The Bertz CT molecular complexity index is 230. The number of nitrogens with zero attached hydrogens (tertiary/aromatic N) is 2. The third-order valence-electron chi connectivity index (χ3n) is 3.79. The molecule has 2 rings (SSSR count). The molecular formula is C12H23N3O. The van der Waals surface area contributed by atoms with Crippen LogP contribution in [-0.2, 0) is 4.79 Å². The van der Waals surface area contributed by atoms with Gasteiger partial charge in [-0.3, -0.25) is 9.69 Å². The van der Waals surface area contributed by atoms with E-state index in [1.54, 1.807) is 0 Å². The van der Waals surface area contributed by atoms with Gasteiger partial charge in [-0.25, -0.2) is 0 Å². The van der Waals surface area contributed by atoms with E-state index in [1.165, 1.54) is 12.8 Å². The quantitative estimate of drug-likeness (QED) is 0.734. The van der Waals surface area contributed by atoms with E-state index >= 15 is 0 Å². The van der Waals surface area contributed by atoms with Crippen LogP contribution >= 0.6 is 0 Å². The minimum absolute atomic E-state index is 0.310. The molecule has 4 heteroatoms. The van der Waals surface area contributed by atoms with Crippen molar-refractivity contribution in [1.29, 1.82) is 0 Å². The Kier molecular flexibility index (Phi) is 4.18. The van der Waals surface area contributed by atoms with E-state index in [0.29, 0.717) is 12.3 Å². The van der Waals surface area contributed by atoms with Crippen molar-refractivity contribution in [1.82, 2.24) is 15.1 Å². The zero-order chi connectivity index (χ0) is 11.4. The molecule has 2 heterocycles. The summed E-state index contributed by atoms with van der Waals surface area (Å²) in [6.07, 6.45) is 3.18. The number of carbonyl (C=O) groups excluding carboxylic acids is 1. The van der Waals surface area contributed by atoms with Crippen LogP contribution in [0.4, 0.5) is 0 Å². The average Bonchev–Trinajstić information content (AvgIpc) is 2.39. The molecule has 2 saturated heterocycles.